The fourth-order valence-electron chi connectivity index (χ4n) is 2.56. The Kier molecular flexibility index (Phi) is 4.02. The molecule has 1 aliphatic heterocycles. The lowest BCUT2D eigenvalue weighted by Crippen LogP contribution is -2.43. The Morgan fingerprint density at radius 2 is 2.28 bits per heavy atom. The van der Waals surface area contributed by atoms with Gasteiger partial charge in [0.05, 0.1) is 0 Å². The first kappa shape index (κ1) is 13.1. The van der Waals surface area contributed by atoms with Gasteiger partial charge in [0.1, 0.15) is 0 Å². The standard InChI is InChI=1S/C15H22N2O/c1-11-5-3-7-13(9-11)14(16)10-17-8-4-6-12(2)15(17)18/h3,5,7,9,12,14H,4,6,8,10,16H2,1-2H3. The third-order valence-electron chi connectivity index (χ3n) is 3.69. The molecule has 1 fully saturated rings. The van der Waals surface area contributed by atoms with Crippen molar-refractivity contribution in [1.29, 1.82) is 0 Å². The van der Waals surface area contributed by atoms with E-state index in [0.29, 0.717) is 6.54 Å². The summed E-state index contributed by atoms with van der Waals surface area (Å²) >= 11 is 0. The zero-order valence-electron chi connectivity index (χ0n) is 11.2. The van der Waals surface area contributed by atoms with Crippen LogP contribution in [0.1, 0.15) is 36.9 Å². The maximum absolute atomic E-state index is 12.0. The molecule has 1 aromatic rings. The second kappa shape index (κ2) is 5.53. The third kappa shape index (κ3) is 2.91. The predicted molar refractivity (Wildman–Crippen MR) is 73.1 cm³/mol. The molecule has 2 N–H and O–H groups in total. The molecule has 0 radical (unpaired) electrons. The zero-order chi connectivity index (χ0) is 13.1. The maximum Gasteiger partial charge on any atom is 0.225 e. The molecule has 0 saturated carbocycles. The van der Waals surface area contributed by atoms with Gasteiger partial charge in [-0.15, -0.1) is 0 Å². The molecule has 2 unspecified atom stereocenters. The first-order valence-electron chi connectivity index (χ1n) is 6.69. The van der Waals surface area contributed by atoms with Gasteiger partial charge in [-0.2, -0.15) is 0 Å². The minimum Gasteiger partial charge on any atom is -0.341 e. The lowest BCUT2D eigenvalue weighted by Gasteiger charge is -2.32. The lowest BCUT2D eigenvalue weighted by molar-refractivity contribution is -0.138. The van der Waals surface area contributed by atoms with Gasteiger partial charge in [0, 0.05) is 25.0 Å². The van der Waals surface area contributed by atoms with Gasteiger partial charge in [-0.1, -0.05) is 36.8 Å². The zero-order valence-corrected chi connectivity index (χ0v) is 11.2. The maximum atomic E-state index is 12.0. The molecule has 0 spiro atoms. The van der Waals surface area contributed by atoms with Gasteiger partial charge < -0.3 is 10.6 Å². The second-order valence-electron chi connectivity index (χ2n) is 5.35. The summed E-state index contributed by atoms with van der Waals surface area (Å²) in [4.78, 5) is 13.9. The molecular weight excluding hydrogens is 224 g/mol. The summed E-state index contributed by atoms with van der Waals surface area (Å²) in [5, 5.41) is 0. The van der Waals surface area contributed by atoms with Gasteiger partial charge in [0.15, 0.2) is 0 Å². The quantitative estimate of drug-likeness (QED) is 0.889. The van der Waals surface area contributed by atoms with Crippen LogP contribution in [0.25, 0.3) is 0 Å². The minimum atomic E-state index is -0.0841. The first-order valence-corrected chi connectivity index (χ1v) is 6.69. The highest BCUT2D eigenvalue weighted by Crippen LogP contribution is 2.20. The van der Waals surface area contributed by atoms with E-state index in [0.717, 1.165) is 24.9 Å². The Balaban J connectivity index is 2.02. The number of hydrogen-bond acceptors (Lipinski definition) is 2. The van der Waals surface area contributed by atoms with E-state index in [2.05, 4.69) is 19.1 Å². The van der Waals surface area contributed by atoms with Crippen LogP contribution in [0.4, 0.5) is 0 Å². The van der Waals surface area contributed by atoms with Crippen LogP contribution in [-0.4, -0.2) is 23.9 Å². The van der Waals surface area contributed by atoms with E-state index in [1.54, 1.807) is 0 Å². The van der Waals surface area contributed by atoms with E-state index in [9.17, 15) is 4.79 Å². The van der Waals surface area contributed by atoms with Crippen molar-refractivity contribution in [3.63, 3.8) is 0 Å². The predicted octanol–water partition coefficient (Wildman–Crippen LogP) is 2.25. The van der Waals surface area contributed by atoms with Crippen molar-refractivity contribution in [2.24, 2.45) is 11.7 Å². The molecule has 1 amide bonds. The number of nitrogens with two attached hydrogens (primary N) is 1. The summed E-state index contributed by atoms with van der Waals surface area (Å²) in [6.45, 7) is 5.55. The van der Waals surface area contributed by atoms with Gasteiger partial charge in [-0.3, -0.25) is 4.79 Å². The summed E-state index contributed by atoms with van der Waals surface area (Å²) < 4.78 is 0. The molecule has 1 aliphatic rings. The average Bonchev–Trinajstić information content (AvgIpc) is 2.35. The van der Waals surface area contributed by atoms with Crippen molar-refractivity contribution in [2.45, 2.75) is 32.7 Å². The van der Waals surface area contributed by atoms with E-state index >= 15 is 0 Å². The summed E-state index contributed by atoms with van der Waals surface area (Å²) in [5.74, 6) is 0.410. The monoisotopic (exact) mass is 246 g/mol. The molecular formula is C15H22N2O. The van der Waals surface area contributed by atoms with Crippen molar-refractivity contribution in [2.75, 3.05) is 13.1 Å². The van der Waals surface area contributed by atoms with Gasteiger partial charge in [-0.05, 0) is 25.3 Å². The molecule has 3 heteroatoms. The highest BCUT2D eigenvalue weighted by atomic mass is 16.2. The van der Waals surface area contributed by atoms with E-state index in [1.807, 2.05) is 24.0 Å². The molecule has 2 rings (SSSR count). The number of amides is 1. The van der Waals surface area contributed by atoms with Gasteiger partial charge in [0.2, 0.25) is 5.91 Å². The van der Waals surface area contributed by atoms with Crippen molar-refractivity contribution in [1.82, 2.24) is 4.90 Å². The molecule has 1 heterocycles. The second-order valence-corrected chi connectivity index (χ2v) is 5.35. The topological polar surface area (TPSA) is 46.3 Å². The largest absolute Gasteiger partial charge is 0.341 e. The van der Waals surface area contributed by atoms with Crippen LogP contribution in [-0.2, 0) is 4.79 Å². The van der Waals surface area contributed by atoms with Gasteiger partial charge in [0.25, 0.3) is 0 Å². The average molecular weight is 246 g/mol. The molecule has 2 atom stereocenters. The van der Waals surface area contributed by atoms with Gasteiger partial charge >= 0.3 is 0 Å². The number of hydrogen-bond donors (Lipinski definition) is 1. The molecule has 1 saturated heterocycles. The molecule has 0 aliphatic carbocycles. The Bertz CT molecular complexity index is 430. The van der Waals surface area contributed by atoms with Crippen molar-refractivity contribution in [3.05, 3.63) is 35.4 Å². The summed E-state index contributed by atoms with van der Waals surface area (Å²) in [6.07, 6.45) is 2.10. The number of likely N-dealkylation sites (tertiary alicyclic amines) is 1. The number of carbonyl (C=O) groups is 1. The Labute approximate surface area is 109 Å². The molecule has 0 aromatic heterocycles. The smallest absolute Gasteiger partial charge is 0.225 e. The summed E-state index contributed by atoms with van der Waals surface area (Å²) in [6, 6.07) is 8.13. The number of benzene rings is 1. The summed E-state index contributed by atoms with van der Waals surface area (Å²) in [7, 11) is 0. The Morgan fingerprint density at radius 3 is 3.00 bits per heavy atom. The number of nitrogens with zero attached hydrogens (tertiary/aromatic N) is 1. The van der Waals surface area contributed by atoms with Crippen LogP contribution < -0.4 is 5.73 Å². The fourth-order valence-corrected chi connectivity index (χ4v) is 2.56. The highest BCUT2D eigenvalue weighted by Gasteiger charge is 2.26. The Hall–Kier alpha value is -1.35. The molecule has 18 heavy (non-hydrogen) atoms. The van der Waals surface area contributed by atoms with Crippen LogP contribution in [0.15, 0.2) is 24.3 Å². The minimum absolute atomic E-state index is 0.0841. The van der Waals surface area contributed by atoms with E-state index in [4.69, 9.17) is 5.73 Å². The number of aryl methyl sites for hydroxylation is 1. The van der Waals surface area contributed by atoms with Crippen LogP contribution in [0, 0.1) is 12.8 Å². The van der Waals surface area contributed by atoms with Crippen LogP contribution in [0.3, 0.4) is 0 Å². The Morgan fingerprint density at radius 1 is 1.50 bits per heavy atom. The number of rotatable bonds is 3. The fraction of sp³-hybridized carbons (Fsp3) is 0.533. The van der Waals surface area contributed by atoms with Crippen molar-refractivity contribution < 1.29 is 4.79 Å². The van der Waals surface area contributed by atoms with E-state index in [-0.39, 0.29) is 17.9 Å². The van der Waals surface area contributed by atoms with E-state index < -0.39 is 0 Å². The van der Waals surface area contributed by atoms with Crippen LogP contribution in [0.5, 0.6) is 0 Å². The first-order chi connectivity index (χ1) is 8.58. The summed E-state index contributed by atoms with van der Waals surface area (Å²) in [5.41, 5.74) is 8.53. The van der Waals surface area contributed by atoms with E-state index in [1.165, 1.54) is 5.56 Å². The van der Waals surface area contributed by atoms with Crippen molar-refractivity contribution >= 4 is 5.91 Å². The lowest BCUT2D eigenvalue weighted by atomic mass is 9.97. The molecule has 0 bridgehead atoms. The van der Waals surface area contributed by atoms with Crippen LogP contribution in [0.2, 0.25) is 0 Å². The normalized spacial score (nSPS) is 22.1. The highest BCUT2D eigenvalue weighted by molar-refractivity contribution is 5.79. The third-order valence-corrected chi connectivity index (χ3v) is 3.69. The molecule has 1 aromatic carbocycles. The van der Waals surface area contributed by atoms with Crippen LogP contribution >= 0.6 is 0 Å². The van der Waals surface area contributed by atoms with Crippen molar-refractivity contribution in [3.8, 4) is 0 Å². The number of piperidine rings is 1. The molecule has 98 valence electrons. The number of carbonyl (C=O) groups excluding carboxylic acids is 1. The van der Waals surface area contributed by atoms with Gasteiger partial charge in [-0.25, -0.2) is 0 Å². The molecule has 3 nitrogen and oxygen atoms in total. The SMILES string of the molecule is Cc1cccc(C(N)CN2CCCC(C)C2=O)c1.